The Morgan fingerprint density at radius 3 is 2.21 bits per heavy atom. The van der Waals surface area contributed by atoms with E-state index in [1.165, 1.54) is 4.90 Å². The van der Waals surface area contributed by atoms with E-state index in [4.69, 9.17) is 0 Å². The van der Waals surface area contributed by atoms with Crippen LogP contribution in [0.5, 0.6) is 0 Å². The predicted molar refractivity (Wildman–Crippen MR) is 66.5 cm³/mol. The second-order valence-corrected chi connectivity index (χ2v) is 11.6. The third-order valence-electron chi connectivity index (χ3n) is 2.15. The molecule has 0 amide bonds. The summed E-state index contributed by atoms with van der Waals surface area (Å²) in [6, 6.07) is 10.3. The highest BCUT2D eigenvalue weighted by Crippen LogP contribution is 2.28. The molecule has 1 nitrogen and oxygen atoms in total. The van der Waals surface area contributed by atoms with Crippen molar-refractivity contribution in [3.8, 4) is 0 Å². The van der Waals surface area contributed by atoms with Crippen LogP contribution >= 0.6 is 11.8 Å². The molecule has 14 heavy (non-hydrogen) atoms. The lowest BCUT2D eigenvalue weighted by atomic mass is 10.4. The summed E-state index contributed by atoms with van der Waals surface area (Å²) in [6.07, 6.45) is 0. The number of hydrogen-bond acceptors (Lipinski definition) is 2. The van der Waals surface area contributed by atoms with Gasteiger partial charge in [-0.1, -0.05) is 37.8 Å². The molecule has 0 heterocycles. The molecule has 1 aromatic rings. The van der Waals surface area contributed by atoms with Crippen molar-refractivity contribution in [3.05, 3.63) is 30.3 Å². The van der Waals surface area contributed by atoms with Crippen LogP contribution in [0.1, 0.15) is 0 Å². The Labute approximate surface area is 91.6 Å². The van der Waals surface area contributed by atoms with E-state index < -0.39 is 8.07 Å². The minimum absolute atomic E-state index is 0.287. The van der Waals surface area contributed by atoms with E-state index in [2.05, 4.69) is 31.8 Å². The van der Waals surface area contributed by atoms with Crippen molar-refractivity contribution < 1.29 is 5.11 Å². The first kappa shape index (κ1) is 11.8. The minimum Gasteiger partial charge on any atom is -0.396 e. The van der Waals surface area contributed by atoms with Crippen molar-refractivity contribution in [1.29, 1.82) is 0 Å². The summed E-state index contributed by atoms with van der Waals surface area (Å²) in [5, 5.41) is 9.34. The molecule has 1 N–H and O–H groups in total. The van der Waals surface area contributed by atoms with Crippen molar-refractivity contribution in [2.45, 2.75) is 29.4 Å². The van der Waals surface area contributed by atoms with E-state index in [1.54, 1.807) is 0 Å². The molecule has 0 saturated heterocycles. The highest BCUT2D eigenvalue weighted by molar-refractivity contribution is 8.01. The third-order valence-corrected chi connectivity index (χ3v) is 7.72. The SMILES string of the molecule is C[Si](C)(C)C(CO)Sc1ccccc1. The molecule has 0 saturated carbocycles. The molecule has 0 aliphatic rings. The Kier molecular flexibility index (Phi) is 4.23. The zero-order chi connectivity index (χ0) is 10.6. The molecule has 1 atom stereocenters. The summed E-state index contributed by atoms with van der Waals surface area (Å²) in [5.74, 6) is 0. The van der Waals surface area contributed by atoms with Crippen LogP contribution in [0.25, 0.3) is 0 Å². The van der Waals surface area contributed by atoms with Gasteiger partial charge in [0.15, 0.2) is 0 Å². The van der Waals surface area contributed by atoms with Crippen LogP contribution in [0.2, 0.25) is 19.6 Å². The Morgan fingerprint density at radius 2 is 1.79 bits per heavy atom. The standard InChI is InChI=1S/C11H18OSSi/c1-14(2,3)11(9-12)13-10-7-5-4-6-8-10/h4-8,11-12H,9H2,1-3H3. The molecule has 0 aliphatic carbocycles. The Balaban J connectivity index is 2.67. The van der Waals surface area contributed by atoms with E-state index in [-0.39, 0.29) is 6.61 Å². The van der Waals surface area contributed by atoms with Crippen LogP contribution in [-0.2, 0) is 0 Å². The zero-order valence-electron chi connectivity index (χ0n) is 9.03. The Bertz CT molecular complexity index is 268. The number of aliphatic hydroxyl groups excluding tert-OH is 1. The van der Waals surface area contributed by atoms with Gasteiger partial charge in [-0.05, 0) is 12.1 Å². The van der Waals surface area contributed by atoms with Gasteiger partial charge in [-0.2, -0.15) is 0 Å². The fraction of sp³-hybridized carbons (Fsp3) is 0.455. The average Bonchev–Trinajstić information content (AvgIpc) is 2.14. The van der Waals surface area contributed by atoms with Gasteiger partial charge in [-0.3, -0.25) is 0 Å². The monoisotopic (exact) mass is 226 g/mol. The van der Waals surface area contributed by atoms with Crippen LogP contribution in [0.3, 0.4) is 0 Å². The van der Waals surface area contributed by atoms with E-state index in [0.29, 0.717) is 4.87 Å². The molecule has 1 unspecified atom stereocenters. The lowest BCUT2D eigenvalue weighted by Crippen LogP contribution is -2.38. The van der Waals surface area contributed by atoms with Gasteiger partial charge in [0.1, 0.15) is 0 Å². The molecule has 78 valence electrons. The quantitative estimate of drug-likeness (QED) is 0.629. The lowest BCUT2D eigenvalue weighted by Gasteiger charge is -2.26. The van der Waals surface area contributed by atoms with E-state index >= 15 is 0 Å². The van der Waals surface area contributed by atoms with Gasteiger partial charge in [0.2, 0.25) is 0 Å². The summed E-state index contributed by atoms with van der Waals surface area (Å²) in [4.78, 5) is 1.65. The number of benzene rings is 1. The summed E-state index contributed by atoms with van der Waals surface area (Å²) in [5.41, 5.74) is 0. The Hall–Kier alpha value is -0.253. The molecule has 0 fully saturated rings. The number of aliphatic hydroxyl groups is 1. The van der Waals surface area contributed by atoms with E-state index in [9.17, 15) is 5.11 Å². The van der Waals surface area contributed by atoms with Gasteiger partial charge < -0.3 is 5.11 Å². The second-order valence-electron chi connectivity index (χ2n) is 4.47. The first-order chi connectivity index (χ1) is 6.54. The maximum absolute atomic E-state index is 9.34. The second kappa shape index (κ2) is 5.00. The lowest BCUT2D eigenvalue weighted by molar-refractivity contribution is 0.311. The van der Waals surface area contributed by atoms with Gasteiger partial charge in [-0.15, -0.1) is 11.8 Å². The van der Waals surface area contributed by atoms with Gasteiger partial charge in [-0.25, -0.2) is 0 Å². The van der Waals surface area contributed by atoms with Gasteiger partial charge in [0.25, 0.3) is 0 Å². The fourth-order valence-electron chi connectivity index (χ4n) is 1.15. The highest BCUT2D eigenvalue weighted by Gasteiger charge is 2.26. The van der Waals surface area contributed by atoms with Crippen molar-refractivity contribution in [1.82, 2.24) is 0 Å². The van der Waals surface area contributed by atoms with Crippen molar-refractivity contribution in [3.63, 3.8) is 0 Å². The zero-order valence-corrected chi connectivity index (χ0v) is 10.8. The van der Waals surface area contributed by atoms with Crippen molar-refractivity contribution >= 4 is 19.8 Å². The molecule has 0 spiro atoms. The molecular weight excluding hydrogens is 208 g/mol. The minimum atomic E-state index is -1.26. The van der Waals surface area contributed by atoms with Crippen LogP contribution in [0.4, 0.5) is 0 Å². The van der Waals surface area contributed by atoms with Crippen LogP contribution < -0.4 is 0 Å². The Morgan fingerprint density at radius 1 is 1.21 bits per heavy atom. The largest absolute Gasteiger partial charge is 0.396 e. The molecule has 0 aliphatic heterocycles. The van der Waals surface area contributed by atoms with Crippen molar-refractivity contribution in [2.24, 2.45) is 0 Å². The highest BCUT2D eigenvalue weighted by atomic mass is 32.2. The first-order valence-electron chi connectivity index (χ1n) is 4.86. The summed E-state index contributed by atoms with van der Waals surface area (Å²) in [7, 11) is -1.26. The summed E-state index contributed by atoms with van der Waals surface area (Å²) < 4.78 is 0. The smallest absolute Gasteiger partial charge is 0.0621 e. The molecule has 0 bridgehead atoms. The maximum atomic E-state index is 9.34. The van der Waals surface area contributed by atoms with E-state index in [1.807, 2.05) is 30.0 Å². The molecular formula is C11H18OSSi. The van der Waals surface area contributed by atoms with Crippen LogP contribution in [-0.4, -0.2) is 24.7 Å². The van der Waals surface area contributed by atoms with E-state index in [0.717, 1.165) is 0 Å². The summed E-state index contributed by atoms with van der Waals surface area (Å²) in [6.45, 7) is 7.17. The third kappa shape index (κ3) is 3.48. The normalized spacial score (nSPS) is 14.0. The van der Waals surface area contributed by atoms with Crippen LogP contribution in [0.15, 0.2) is 35.2 Å². The first-order valence-corrected chi connectivity index (χ1v) is 9.32. The molecule has 1 rings (SSSR count). The van der Waals surface area contributed by atoms with Crippen molar-refractivity contribution in [2.75, 3.05) is 6.61 Å². The predicted octanol–water partition coefficient (Wildman–Crippen LogP) is 3.02. The van der Waals surface area contributed by atoms with Crippen LogP contribution in [0, 0.1) is 0 Å². The average molecular weight is 226 g/mol. The fourth-order valence-corrected chi connectivity index (χ4v) is 4.24. The molecule has 1 aromatic carbocycles. The molecule has 0 radical (unpaired) electrons. The number of thioether (sulfide) groups is 1. The van der Waals surface area contributed by atoms with Gasteiger partial charge in [0.05, 0.1) is 14.7 Å². The summed E-state index contributed by atoms with van der Waals surface area (Å²) >= 11 is 1.81. The van der Waals surface area contributed by atoms with Gasteiger partial charge in [0, 0.05) is 9.77 Å². The molecule has 3 heteroatoms. The van der Waals surface area contributed by atoms with Gasteiger partial charge >= 0.3 is 0 Å². The molecule has 0 aromatic heterocycles. The maximum Gasteiger partial charge on any atom is 0.0621 e. The number of hydrogen-bond donors (Lipinski definition) is 1. The number of rotatable bonds is 4. The topological polar surface area (TPSA) is 20.2 Å².